The summed E-state index contributed by atoms with van der Waals surface area (Å²) in [6.07, 6.45) is 5.56. The highest BCUT2D eigenvalue weighted by molar-refractivity contribution is 7.98. The number of carbonyl (C=O) groups excluding carboxylic acids is 1. The maximum Gasteiger partial charge on any atom is 0.271 e. The predicted molar refractivity (Wildman–Crippen MR) is 94.5 cm³/mol. The first kappa shape index (κ1) is 16.8. The number of piperidine rings is 1. The SMILES string of the molecule is CSc1nc(C)cc(N2CCC(NC(=O)c3ccn(C)n3)CC2)n1. The van der Waals surface area contributed by atoms with E-state index in [4.69, 9.17) is 0 Å². The molecule has 24 heavy (non-hydrogen) atoms. The third-order valence-corrected chi connectivity index (χ3v) is 4.65. The molecule has 1 aliphatic heterocycles. The number of carbonyl (C=O) groups is 1. The average Bonchev–Trinajstić information content (AvgIpc) is 3.01. The van der Waals surface area contributed by atoms with Crippen LogP contribution in [0, 0.1) is 6.92 Å². The molecule has 0 aromatic carbocycles. The van der Waals surface area contributed by atoms with Crippen LogP contribution in [0.1, 0.15) is 29.0 Å². The molecule has 0 bridgehead atoms. The summed E-state index contributed by atoms with van der Waals surface area (Å²) in [6.45, 7) is 3.74. The molecule has 0 atom stereocenters. The normalized spacial score (nSPS) is 15.5. The van der Waals surface area contributed by atoms with Crippen LogP contribution < -0.4 is 10.2 Å². The summed E-state index contributed by atoms with van der Waals surface area (Å²) in [4.78, 5) is 23.4. The Bertz CT molecular complexity index is 723. The van der Waals surface area contributed by atoms with E-state index in [1.807, 2.05) is 26.3 Å². The third kappa shape index (κ3) is 3.87. The number of hydrogen-bond donors (Lipinski definition) is 1. The van der Waals surface area contributed by atoms with Gasteiger partial charge in [-0.3, -0.25) is 9.48 Å². The van der Waals surface area contributed by atoms with Gasteiger partial charge in [-0.1, -0.05) is 11.8 Å². The van der Waals surface area contributed by atoms with E-state index in [-0.39, 0.29) is 11.9 Å². The number of aromatic nitrogens is 4. The highest BCUT2D eigenvalue weighted by atomic mass is 32.2. The number of thioether (sulfide) groups is 1. The molecule has 128 valence electrons. The first-order valence-electron chi connectivity index (χ1n) is 8.00. The van der Waals surface area contributed by atoms with Crippen molar-refractivity contribution in [3.63, 3.8) is 0 Å². The minimum atomic E-state index is -0.100. The molecule has 0 saturated carbocycles. The second-order valence-electron chi connectivity index (χ2n) is 5.96. The predicted octanol–water partition coefficient (Wildman–Crippen LogP) is 1.64. The molecule has 1 N–H and O–H groups in total. The van der Waals surface area contributed by atoms with Gasteiger partial charge in [0.25, 0.3) is 5.91 Å². The van der Waals surface area contributed by atoms with Crippen LogP contribution in [0.4, 0.5) is 5.82 Å². The zero-order valence-corrected chi connectivity index (χ0v) is 15.0. The molecule has 2 aromatic heterocycles. The number of anilines is 1. The molecule has 0 unspecified atom stereocenters. The Morgan fingerprint density at radius 3 is 2.71 bits per heavy atom. The minimum absolute atomic E-state index is 0.100. The molecule has 1 fully saturated rings. The standard InChI is InChI=1S/C16H22N6OS/c1-11-10-14(19-16(17-11)24-3)22-8-4-12(5-9-22)18-15(23)13-6-7-21(2)20-13/h6-7,10,12H,4-5,8-9H2,1-3H3,(H,18,23). The molecule has 3 rings (SSSR count). The number of nitrogens with one attached hydrogen (secondary N) is 1. The Morgan fingerprint density at radius 1 is 1.33 bits per heavy atom. The lowest BCUT2D eigenvalue weighted by atomic mass is 10.0. The van der Waals surface area contributed by atoms with E-state index in [0.29, 0.717) is 5.69 Å². The number of nitrogens with zero attached hydrogens (tertiary/aromatic N) is 5. The van der Waals surface area contributed by atoms with E-state index >= 15 is 0 Å². The van der Waals surface area contributed by atoms with Crippen LogP contribution in [0.25, 0.3) is 0 Å². The number of hydrogen-bond acceptors (Lipinski definition) is 6. The molecule has 8 heteroatoms. The van der Waals surface area contributed by atoms with Gasteiger partial charge in [-0.2, -0.15) is 5.10 Å². The van der Waals surface area contributed by atoms with Crippen molar-refractivity contribution in [1.29, 1.82) is 0 Å². The zero-order chi connectivity index (χ0) is 17.1. The number of amides is 1. The Labute approximate surface area is 145 Å². The lowest BCUT2D eigenvalue weighted by Gasteiger charge is -2.33. The van der Waals surface area contributed by atoms with Crippen molar-refractivity contribution in [3.05, 3.63) is 29.7 Å². The fraction of sp³-hybridized carbons (Fsp3) is 0.500. The smallest absolute Gasteiger partial charge is 0.271 e. The van der Waals surface area contributed by atoms with Gasteiger partial charge in [-0.05, 0) is 32.1 Å². The van der Waals surface area contributed by atoms with E-state index in [1.165, 1.54) is 0 Å². The van der Waals surface area contributed by atoms with Crippen LogP contribution in [0.3, 0.4) is 0 Å². The molecule has 7 nitrogen and oxygen atoms in total. The van der Waals surface area contributed by atoms with Crippen molar-refractivity contribution in [1.82, 2.24) is 25.1 Å². The Balaban J connectivity index is 1.58. The van der Waals surface area contributed by atoms with Gasteiger partial charge in [-0.25, -0.2) is 9.97 Å². The topological polar surface area (TPSA) is 75.9 Å². The van der Waals surface area contributed by atoms with Gasteiger partial charge < -0.3 is 10.2 Å². The van der Waals surface area contributed by atoms with Crippen molar-refractivity contribution in [2.45, 2.75) is 31.0 Å². The maximum atomic E-state index is 12.2. The highest BCUT2D eigenvalue weighted by Gasteiger charge is 2.23. The van der Waals surface area contributed by atoms with Gasteiger partial charge in [0.2, 0.25) is 0 Å². The minimum Gasteiger partial charge on any atom is -0.356 e. The summed E-state index contributed by atoms with van der Waals surface area (Å²) in [5.41, 5.74) is 1.45. The van der Waals surface area contributed by atoms with Gasteiger partial charge in [-0.15, -0.1) is 0 Å². The molecule has 0 radical (unpaired) electrons. The molecule has 1 amide bonds. The van der Waals surface area contributed by atoms with Gasteiger partial charge in [0.1, 0.15) is 11.5 Å². The largest absolute Gasteiger partial charge is 0.356 e. The van der Waals surface area contributed by atoms with E-state index in [0.717, 1.165) is 42.6 Å². The van der Waals surface area contributed by atoms with E-state index in [2.05, 4.69) is 25.3 Å². The van der Waals surface area contributed by atoms with Crippen molar-refractivity contribution in [2.75, 3.05) is 24.2 Å². The van der Waals surface area contributed by atoms with E-state index in [9.17, 15) is 4.79 Å². The first-order chi connectivity index (χ1) is 11.5. The summed E-state index contributed by atoms with van der Waals surface area (Å²) in [7, 11) is 1.81. The van der Waals surface area contributed by atoms with Crippen LogP contribution in [0.2, 0.25) is 0 Å². The summed E-state index contributed by atoms with van der Waals surface area (Å²) in [6, 6.07) is 3.93. The Kier molecular flexibility index (Phi) is 5.03. The summed E-state index contributed by atoms with van der Waals surface area (Å²) in [5.74, 6) is 0.873. The fourth-order valence-electron chi connectivity index (χ4n) is 2.83. The molecule has 0 aliphatic carbocycles. The lowest BCUT2D eigenvalue weighted by Crippen LogP contribution is -2.45. The van der Waals surface area contributed by atoms with Crippen LogP contribution >= 0.6 is 11.8 Å². The molecule has 2 aromatic rings. The van der Waals surface area contributed by atoms with Gasteiger partial charge in [0.05, 0.1) is 0 Å². The average molecular weight is 346 g/mol. The quantitative estimate of drug-likeness (QED) is 0.670. The van der Waals surface area contributed by atoms with Crippen LogP contribution in [0.15, 0.2) is 23.5 Å². The molecule has 1 aliphatic rings. The van der Waals surface area contributed by atoms with E-state index < -0.39 is 0 Å². The molecular formula is C16H22N6OS. The van der Waals surface area contributed by atoms with Crippen molar-refractivity contribution >= 4 is 23.5 Å². The number of aryl methyl sites for hydroxylation is 2. The van der Waals surface area contributed by atoms with E-state index in [1.54, 1.807) is 28.7 Å². The van der Waals surface area contributed by atoms with Crippen LogP contribution in [-0.2, 0) is 7.05 Å². The van der Waals surface area contributed by atoms with Crippen molar-refractivity contribution in [2.24, 2.45) is 7.05 Å². The van der Waals surface area contributed by atoms with Crippen LogP contribution in [-0.4, -0.2) is 51.0 Å². The maximum absolute atomic E-state index is 12.2. The lowest BCUT2D eigenvalue weighted by molar-refractivity contribution is 0.0925. The van der Waals surface area contributed by atoms with Crippen LogP contribution in [0.5, 0.6) is 0 Å². The molecule has 1 saturated heterocycles. The monoisotopic (exact) mass is 346 g/mol. The zero-order valence-electron chi connectivity index (χ0n) is 14.2. The van der Waals surface area contributed by atoms with Crippen molar-refractivity contribution < 1.29 is 4.79 Å². The second kappa shape index (κ2) is 7.21. The van der Waals surface area contributed by atoms with Gasteiger partial charge >= 0.3 is 0 Å². The summed E-state index contributed by atoms with van der Waals surface area (Å²) >= 11 is 1.55. The fourth-order valence-corrected chi connectivity index (χ4v) is 3.25. The van der Waals surface area contributed by atoms with Gasteiger partial charge in [0, 0.05) is 44.1 Å². The second-order valence-corrected chi connectivity index (χ2v) is 6.74. The van der Waals surface area contributed by atoms with Gasteiger partial charge in [0.15, 0.2) is 5.16 Å². The molecule has 0 spiro atoms. The Hall–Kier alpha value is -2.09. The highest BCUT2D eigenvalue weighted by Crippen LogP contribution is 2.21. The third-order valence-electron chi connectivity index (χ3n) is 4.10. The first-order valence-corrected chi connectivity index (χ1v) is 9.23. The summed E-state index contributed by atoms with van der Waals surface area (Å²) in [5, 5.41) is 8.02. The molecule has 3 heterocycles. The summed E-state index contributed by atoms with van der Waals surface area (Å²) < 4.78 is 1.64. The van der Waals surface area contributed by atoms with Crippen molar-refractivity contribution in [3.8, 4) is 0 Å². The number of rotatable bonds is 4. The molecular weight excluding hydrogens is 324 g/mol. The Morgan fingerprint density at radius 2 is 2.08 bits per heavy atom.